The first-order valence-corrected chi connectivity index (χ1v) is 3.07. The SMILES string of the molecule is CCN(CC)CC.[B]. The topological polar surface area (TPSA) is 3.24 Å². The summed E-state index contributed by atoms with van der Waals surface area (Å²) in [6.45, 7) is 10.1. The minimum atomic E-state index is 0. The van der Waals surface area contributed by atoms with Crippen LogP contribution in [0.1, 0.15) is 20.8 Å². The van der Waals surface area contributed by atoms with Crippen molar-refractivity contribution in [2.45, 2.75) is 20.8 Å². The summed E-state index contributed by atoms with van der Waals surface area (Å²) in [5.41, 5.74) is 0. The van der Waals surface area contributed by atoms with Gasteiger partial charge in [-0.25, -0.2) is 0 Å². The van der Waals surface area contributed by atoms with Gasteiger partial charge < -0.3 is 4.90 Å². The monoisotopic (exact) mass is 112 g/mol. The largest absolute Gasteiger partial charge is 0.304 e. The quantitative estimate of drug-likeness (QED) is 0.491. The summed E-state index contributed by atoms with van der Waals surface area (Å²) in [5, 5.41) is 0. The Morgan fingerprint density at radius 1 is 0.875 bits per heavy atom. The van der Waals surface area contributed by atoms with E-state index in [4.69, 9.17) is 0 Å². The molecule has 0 aliphatic heterocycles. The van der Waals surface area contributed by atoms with Crippen LogP contribution in [0.2, 0.25) is 0 Å². The fraction of sp³-hybridized carbons (Fsp3) is 1.00. The molecule has 0 fully saturated rings. The molecule has 0 bridgehead atoms. The lowest BCUT2D eigenvalue weighted by Gasteiger charge is -2.13. The third kappa shape index (κ3) is 4.19. The highest BCUT2D eigenvalue weighted by atomic mass is 15.1. The molecular formula is C6H15BN. The van der Waals surface area contributed by atoms with Crippen molar-refractivity contribution in [1.29, 1.82) is 0 Å². The van der Waals surface area contributed by atoms with E-state index in [0.29, 0.717) is 0 Å². The minimum Gasteiger partial charge on any atom is -0.304 e. The zero-order chi connectivity index (χ0) is 5.70. The maximum absolute atomic E-state index is 2.38. The van der Waals surface area contributed by atoms with Gasteiger partial charge in [0, 0.05) is 8.41 Å². The van der Waals surface area contributed by atoms with Gasteiger partial charge in [-0.1, -0.05) is 20.8 Å². The van der Waals surface area contributed by atoms with E-state index in [2.05, 4.69) is 25.7 Å². The zero-order valence-corrected chi connectivity index (χ0v) is 6.15. The lowest BCUT2D eigenvalue weighted by atomic mass is 10.5. The van der Waals surface area contributed by atoms with Crippen LogP contribution in [0, 0.1) is 0 Å². The molecule has 2 heteroatoms. The molecular weight excluding hydrogens is 96.9 g/mol. The summed E-state index contributed by atoms with van der Waals surface area (Å²) in [7, 11) is 0. The standard InChI is InChI=1S/C6H15N.B/c1-4-7(5-2)6-3;/h4-6H2,1-3H3;. The summed E-state index contributed by atoms with van der Waals surface area (Å²) in [6.07, 6.45) is 0. The second-order valence-electron chi connectivity index (χ2n) is 1.62. The number of rotatable bonds is 3. The molecule has 0 unspecified atom stereocenters. The molecule has 0 atom stereocenters. The maximum Gasteiger partial charge on any atom is 0 e. The van der Waals surface area contributed by atoms with Crippen molar-refractivity contribution in [3.63, 3.8) is 0 Å². The summed E-state index contributed by atoms with van der Waals surface area (Å²) < 4.78 is 0. The van der Waals surface area contributed by atoms with E-state index >= 15 is 0 Å². The van der Waals surface area contributed by atoms with Gasteiger partial charge in [0.05, 0.1) is 0 Å². The van der Waals surface area contributed by atoms with Crippen LogP contribution in [0.15, 0.2) is 0 Å². The second kappa shape index (κ2) is 7.02. The lowest BCUT2D eigenvalue weighted by molar-refractivity contribution is 0.321. The molecule has 0 saturated carbocycles. The van der Waals surface area contributed by atoms with E-state index in [1.807, 2.05) is 0 Å². The van der Waals surface area contributed by atoms with Crippen molar-refractivity contribution < 1.29 is 0 Å². The van der Waals surface area contributed by atoms with Gasteiger partial charge in [0.25, 0.3) is 0 Å². The highest BCUT2D eigenvalue weighted by Crippen LogP contribution is 1.81. The molecule has 0 saturated heterocycles. The van der Waals surface area contributed by atoms with Crippen LogP contribution in [0.5, 0.6) is 0 Å². The van der Waals surface area contributed by atoms with Crippen molar-refractivity contribution in [2.24, 2.45) is 0 Å². The van der Waals surface area contributed by atoms with Gasteiger partial charge in [-0.3, -0.25) is 0 Å². The van der Waals surface area contributed by atoms with Gasteiger partial charge in [0.15, 0.2) is 0 Å². The Hall–Kier alpha value is 0.0249. The molecule has 0 amide bonds. The molecule has 0 aliphatic rings. The summed E-state index contributed by atoms with van der Waals surface area (Å²) in [5.74, 6) is 0. The average Bonchev–Trinajstić information content (AvgIpc) is 1.72. The Kier molecular flexibility index (Phi) is 9.58. The molecule has 47 valence electrons. The number of hydrogen-bond acceptors (Lipinski definition) is 1. The van der Waals surface area contributed by atoms with Crippen LogP contribution >= 0.6 is 0 Å². The van der Waals surface area contributed by atoms with E-state index in [1.165, 1.54) is 19.6 Å². The molecule has 0 rings (SSSR count). The normalized spacial score (nSPS) is 9.00. The van der Waals surface area contributed by atoms with Crippen LogP contribution in [-0.4, -0.2) is 32.9 Å². The lowest BCUT2D eigenvalue weighted by Crippen LogP contribution is -2.21. The van der Waals surface area contributed by atoms with Gasteiger partial charge >= 0.3 is 0 Å². The van der Waals surface area contributed by atoms with Crippen molar-refractivity contribution in [3.05, 3.63) is 0 Å². The molecule has 0 spiro atoms. The zero-order valence-electron chi connectivity index (χ0n) is 6.15. The fourth-order valence-corrected chi connectivity index (χ4v) is 0.671. The van der Waals surface area contributed by atoms with Crippen molar-refractivity contribution in [2.75, 3.05) is 19.6 Å². The van der Waals surface area contributed by atoms with Crippen LogP contribution in [0.3, 0.4) is 0 Å². The molecule has 0 heterocycles. The maximum atomic E-state index is 2.38. The number of nitrogens with zero attached hydrogens (tertiary/aromatic N) is 1. The van der Waals surface area contributed by atoms with E-state index in [9.17, 15) is 0 Å². The van der Waals surface area contributed by atoms with Gasteiger partial charge in [-0.2, -0.15) is 0 Å². The van der Waals surface area contributed by atoms with E-state index in [1.54, 1.807) is 0 Å². The predicted molar refractivity (Wildman–Crippen MR) is 39.2 cm³/mol. The molecule has 0 aromatic carbocycles. The van der Waals surface area contributed by atoms with Crippen molar-refractivity contribution >= 4 is 8.41 Å². The second-order valence-corrected chi connectivity index (χ2v) is 1.62. The molecule has 0 N–H and O–H groups in total. The first-order valence-electron chi connectivity index (χ1n) is 3.07. The number of hydrogen-bond donors (Lipinski definition) is 0. The van der Waals surface area contributed by atoms with Crippen LogP contribution < -0.4 is 0 Å². The first kappa shape index (κ1) is 10.9. The van der Waals surface area contributed by atoms with Gasteiger partial charge in [0.2, 0.25) is 0 Å². The Labute approximate surface area is 54.6 Å². The van der Waals surface area contributed by atoms with Crippen molar-refractivity contribution in [3.8, 4) is 0 Å². The summed E-state index contributed by atoms with van der Waals surface area (Å²) >= 11 is 0. The van der Waals surface area contributed by atoms with E-state index < -0.39 is 0 Å². The third-order valence-electron chi connectivity index (χ3n) is 1.34. The predicted octanol–water partition coefficient (Wildman–Crippen LogP) is 0.967. The Bertz CT molecular complexity index is 30.0. The average molecular weight is 112 g/mol. The Balaban J connectivity index is 0. The Morgan fingerprint density at radius 3 is 1.12 bits per heavy atom. The highest BCUT2D eigenvalue weighted by molar-refractivity contribution is 5.75. The smallest absolute Gasteiger partial charge is 0 e. The molecule has 0 aliphatic carbocycles. The van der Waals surface area contributed by atoms with Gasteiger partial charge in [-0.15, -0.1) is 0 Å². The summed E-state index contributed by atoms with van der Waals surface area (Å²) in [6, 6.07) is 0. The molecule has 3 radical (unpaired) electrons. The van der Waals surface area contributed by atoms with Gasteiger partial charge in [0.1, 0.15) is 0 Å². The first-order chi connectivity index (χ1) is 3.35. The molecule has 0 aromatic heterocycles. The summed E-state index contributed by atoms with van der Waals surface area (Å²) in [4.78, 5) is 2.38. The highest BCUT2D eigenvalue weighted by Gasteiger charge is 1.89. The van der Waals surface area contributed by atoms with Crippen LogP contribution in [-0.2, 0) is 0 Å². The minimum absolute atomic E-state index is 0. The van der Waals surface area contributed by atoms with E-state index in [0.717, 1.165) is 0 Å². The Morgan fingerprint density at radius 2 is 1.12 bits per heavy atom. The van der Waals surface area contributed by atoms with E-state index in [-0.39, 0.29) is 8.41 Å². The molecule has 0 aromatic rings. The fourth-order valence-electron chi connectivity index (χ4n) is 0.671. The molecule has 1 nitrogen and oxygen atoms in total. The molecule has 8 heavy (non-hydrogen) atoms. The third-order valence-corrected chi connectivity index (χ3v) is 1.34. The van der Waals surface area contributed by atoms with Crippen molar-refractivity contribution in [1.82, 2.24) is 4.90 Å². The van der Waals surface area contributed by atoms with Crippen LogP contribution in [0.25, 0.3) is 0 Å². The van der Waals surface area contributed by atoms with Crippen LogP contribution in [0.4, 0.5) is 0 Å². The van der Waals surface area contributed by atoms with Gasteiger partial charge in [-0.05, 0) is 19.6 Å².